The first-order valence-corrected chi connectivity index (χ1v) is 7.77. The summed E-state index contributed by atoms with van der Waals surface area (Å²) in [5.41, 5.74) is 0.692. The summed E-state index contributed by atoms with van der Waals surface area (Å²) in [6, 6.07) is 11.4. The van der Waals surface area contributed by atoms with Crippen LogP contribution in [0.15, 0.2) is 30.3 Å². The third kappa shape index (κ3) is 2.37. The quantitative estimate of drug-likeness (QED) is 0.863. The number of carboxylic acid groups (broad SMARTS) is 1. The first kappa shape index (κ1) is 15.8. The van der Waals surface area contributed by atoms with Crippen molar-refractivity contribution < 1.29 is 15.0 Å². The van der Waals surface area contributed by atoms with Crippen LogP contribution in [0.5, 0.6) is 0 Å². The fourth-order valence-electron chi connectivity index (χ4n) is 4.12. The van der Waals surface area contributed by atoms with Crippen LogP contribution in [0.25, 0.3) is 0 Å². The minimum absolute atomic E-state index is 0.224. The molecule has 0 saturated carbocycles. The summed E-state index contributed by atoms with van der Waals surface area (Å²) < 4.78 is 0. The first-order valence-electron chi connectivity index (χ1n) is 7.77. The molecule has 1 unspecified atom stereocenters. The van der Waals surface area contributed by atoms with E-state index in [1.54, 1.807) is 0 Å². The fourth-order valence-corrected chi connectivity index (χ4v) is 4.12. The molecule has 2 heterocycles. The number of carbonyl (C=O) groups is 1. The highest BCUT2D eigenvalue weighted by Crippen LogP contribution is 2.43. The molecule has 2 aliphatic rings. The zero-order valence-corrected chi connectivity index (χ0v) is 13.3. The number of aliphatic hydroxyl groups excluding tert-OH is 1. The van der Waals surface area contributed by atoms with E-state index in [1.807, 2.05) is 30.3 Å². The van der Waals surface area contributed by atoms with Crippen molar-refractivity contribution in [3.05, 3.63) is 35.9 Å². The third-order valence-corrected chi connectivity index (χ3v) is 5.25. The Bertz CT molecular complexity index is 640. The molecule has 0 spiro atoms. The molecule has 2 N–H and O–H groups in total. The lowest BCUT2D eigenvalue weighted by Gasteiger charge is -2.49. The van der Waals surface area contributed by atoms with E-state index in [1.165, 1.54) is 4.90 Å². The van der Waals surface area contributed by atoms with Crippen molar-refractivity contribution >= 4 is 6.09 Å². The summed E-state index contributed by atoms with van der Waals surface area (Å²) in [7, 11) is 0. The van der Waals surface area contributed by atoms with Crippen molar-refractivity contribution in [3.63, 3.8) is 0 Å². The van der Waals surface area contributed by atoms with Crippen molar-refractivity contribution in [2.45, 2.75) is 37.6 Å². The van der Waals surface area contributed by atoms with Gasteiger partial charge in [0.2, 0.25) is 0 Å². The van der Waals surface area contributed by atoms with Crippen LogP contribution in [0.3, 0.4) is 0 Å². The second-order valence-electron chi connectivity index (χ2n) is 6.80. The van der Waals surface area contributed by atoms with Crippen molar-refractivity contribution in [3.8, 4) is 6.07 Å². The Labute approximate surface area is 135 Å². The van der Waals surface area contributed by atoms with Crippen LogP contribution >= 0.6 is 0 Å². The van der Waals surface area contributed by atoms with Gasteiger partial charge in [0.15, 0.2) is 0 Å². The Kier molecular flexibility index (Phi) is 3.78. The number of nitriles is 1. The SMILES string of the molecule is CC(C)(c1ccccc1)N1[C@@H]2CN(C(=O)O)C[C@H]1[C@H](O)C2C#N. The number of rotatable bonds is 2. The predicted octanol–water partition coefficient (Wildman–Crippen LogP) is 1.47. The molecule has 1 aromatic rings. The predicted molar refractivity (Wildman–Crippen MR) is 83.6 cm³/mol. The lowest BCUT2D eigenvalue weighted by atomic mass is 9.89. The zero-order chi connectivity index (χ0) is 16.8. The number of hydrogen-bond acceptors (Lipinski definition) is 4. The molecule has 122 valence electrons. The highest BCUT2D eigenvalue weighted by atomic mass is 16.4. The Morgan fingerprint density at radius 1 is 1.26 bits per heavy atom. The number of nitrogens with zero attached hydrogens (tertiary/aromatic N) is 3. The van der Waals surface area contributed by atoms with E-state index in [0.29, 0.717) is 0 Å². The maximum absolute atomic E-state index is 11.3. The number of piperazine rings is 1. The van der Waals surface area contributed by atoms with Gasteiger partial charge in [0, 0.05) is 24.7 Å². The summed E-state index contributed by atoms with van der Waals surface area (Å²) in [5.74, 6) is -0.577. The van der Waals surface area contributed by atoms with Gasteiger partial charge in [-0.2, -0.15) is 5.26 Å². The number of hydrogen-bond donors (Lipinski definition) is 2. The van der Waals surface area contributed by atoms with E-state index in [2.05, 4.69) is 24.8 Å². The van der Waals surface area contributed by atoms with Crippen LogP contribution in [-0.2, 0) is 5.54 Å². The van der Waals surface area contributed by atoms with Gasteiger partial charge in [0.25, 0.3) is 0 Å². The molecule has 4 atom stereocenters. The average Bonchev–Trinajstić information content (AvgIpc) is 2.72. The van der Waals surface area contributed by atoms with Crippen LogP contribution in [0, 0.1) is 17.2 Å². The Hall–Kier alpha value is -2.10. The van der Waals surface area contributed by atoms with Gasteiger partial charge < -0.3 is 15.1 Å². The number of aliphatic hydroxyl groups is 1. The normalized spacial score (nSPS) is 31.0. The third-order valence-electron chi connectivity index (χ3n) is 5.25. The van der Waals surface area contributed by atoms with E-state index < -0.39 is 23.7 Å². The Morgan fingerprint density at radius 3 is 2.43 bits per heavy atom. The van der Waals surface area contributed by atoms with Gasteiger partial charge >= 0.3 is 6.09 Å². The molecule has 0 radical (unpaired) electrons. The fraction of sp³-hybridized carbons (Fsp3) is 0.529. The first-order chi connectivity index (χ1) is 10.9. The summed E-state index contributed by atoms with van der Waals surface area (Å²) in [6.07, 6.45) is -1.83. The van der Waals surface area contributed by atoms with Crippen molar-refractivity contribution in [1.29, 1.82) is 5.26 Å². The number of fused-ring (bicyclic) bond motifs is 2. The number of amides is 1. The molecule has 6 heteroatoms. The van der Waals surface area contributed by atoms with Gasteiger partial charge in [-0.05, 0) is 19.4 Å². The van der Waals surface area contributed by atoms with E-state index in [-0.39, 0.29) is 25.2 Å². The minimum Gasteiger partial charge on any atom is -0.465 e. The van der Waals surface area contributed by atoms with Crippen molar-refractivity contribution in [1.82, 2.24) is 9.80 Å². The molecule has 6 nitrogen and oxygen atoms in total. The Balaban J connectivity index is 2.00. The van der Waals surface area contributed by atoms with Gasteiger partial charge in [-0.25, -0.2) is 4.79 Å². The number of benzene rings is 1. The molecule has 3 rings (SSSR count). The van der Waals surface area contributed by atoms with Crippen molar-refractivity contribution in [2.24, 2.45) is 5.92 Å². The molecule has 1 amide bonds. The highest BCUT2D eigenvalue weighted by Gasteiger charge is 2.57. The molecule has 0 aliphatic carbocycles. The summed E-state index contributed by atoms with van der Waals surface area (Å²) in [5, 5.41) is 29.3. The number of likely N-dealkylation sites (tertiary alicyclic amines) is 1. The van der Waals surface area contributed by atoms with Crippen molar-refractivity contribution in [2.75, 3.05) is 13.1 Å². The molecule has 23 heavy (non-hydrogen) atoms. The maximum Gasteiger partial charge on any atom is 0.407 e. The van der Waals surface area contributed by atoms with E-state index in [0.717, 1.165) is 5.56 Å². The van der Waals surface area contributed by atoms with Crippen LogP contribution in [-0.4, -0.2) is 57.4 Å². The van der Waals surface area contributed by atoms with Crippen LogP contribution in [0.1, 0.15) is 19.4 Å². The van der Waals surface area contributed by atoms with E-state index in [9.17, 15) is 20.3 Å². The van der Waals surface area contributed by atoms with Gasteiger partial charge in [-0.15, -0.1) is 0 Å². The lowest BCUT2D eigenvalue weighted by molar-refractivity contribution is -0.0223. The van der Waals surface area contributed by atoms with Gasteiger partial charge in [0.1, 0.15) is 0 Å². The molecular weight excluding hydrogens is 294 g/mol. The van der Waals surface area contributed by atoms with Gasteiger partial charge in [-0.1, -0.05) is 30.3 Å². The molecule has 0 aromatic heterocycles. The summed E-state index contributed by atoms with van der Waals surface area (Å²) in [4.78, 5) is 14.8. The molecule has 2 saturated heterocycles. The van der Waals surface area contributed by atoms with Crippen LogP contribution in [0.2, 0.25) is 0 Å². The van der Waals surface area contributed by atoms with Crippen LogP contribution in [0.4, 0.5) is 4.79 Å². The van der Waals surface area contributed by atoms with E-state index >= 15 is 0 Å². The smallest absolute Gasteiger partial charge is 0.407 e. The van der Waals surface area contributed by atoms with Gasteiger partial charge in [-0.3, -0.25) is 4.90 Å². The zero-order valence-electron chi connectivity index (χ0n) is 13.3. The lowest BCUT2D eigenvalue weighted by Crippen LogP contribution is -2.61. The maximum atomic E-state index is 11.3. The largest absolute Gasteiger partial charge is 0.465 e. The van der Waals surface area contributed by atoms with E-state index in [4.69, 9.17) is 0 Å². The second kappa shape index (κ2) is 5.52. The highest BCUT2D eigenvalue weighted by molar-refractivity contribution is 5.65. The summed E-state index contributed by atoms with van der Waals surface area (Å²) >= 11 is 0. The van der Waals surface area contributed by atoms with Gasteiger partial charge in [0.05, 0.1) is 24.1 Å². The minimum atomic E-state index is -0.997. The molecule has 2 bridgehead atoms. The second-order valence-corrected chi connectivity index (χ2v) is 6.80. The molecular formula is C17H21N3O3. The molecule has 1 aromatic carbocycles. The topological polar surface area (TPSA) is 87.8 Å². The molecule has 2 aliphatic heterocycles. The Morgan fingerprint density at radius 2 is 1.87 bits per heavy atom. The summed E-state index contributed by atoms with van der Waals surface area (Å²) in [6.45, 7) is 4.59. The standard InChI is InChI=1S/C17H21N3O3/c1-17(2,11-6-4-3-5-7-11)20-13-9-19(16(22)23)10-14(20)15(21)12(13)8-18/h3-7,12-15,21H,9-10H2,1-2H3,(H,22,23)/t12?,13-,14+,15-/m1/s1. The van der Waals surface area contributed by atoms with Crippen LogP contribution < -0.4 is 0 Å². The monoisotopic (exact) mass is 315 g/mol. The average molecular weight is 315 g/mol. The molecule has 2 fully saturated rings.